The summed E-state index contributed by atoms with van der Waals surface area (Å²) in [5, 5.41) is 11.7. The topological polar surface area (TPSA) is 97.1 Å². The molecule has 0 aromatic carbocycles. The highest BCUT2D eigenvalue weighted by atomic mass is 32.2. The number of primary sulfonamides is 1. The van der Waals surface area contributed by atoms with E-state index in [0.29, 0.717) is 17.8 Å². The first-order chi connectivity index (χ1) is 8.97. The maximum absolute atomic E-state index is 11.1. The number of pyridine rings is 1. The molecule has 1 aromatic heterocycles. The maximum atomic E-state index is 11.1. The zero-order valence-electron chi connectivity index (χ0n) is 11.0. The van der Waals surface area contributed by atoms with Crippen molar-refractivity contribution in [2.45, 2.75) is 30.7 Å². The third-order valence-electron chi connectivity index (χ3n) is 3.48. The molecule has 0 saturated carbocycles. The van der Waals surface area contributed by atoms with E-state index in [9.17, 15) is 8.42 Å². The van der Waals surface area contributed by atoms with Crippen molar-refractivity contribution in [3.8, 4) is 0 Å². The molecule has 1 aliphatic rings. The number of nitrogens with zero attached hydrogens (tertiary/aromatic N) is 1. The lowest BCUT2D eigenvalue weighted by Gasteiger charge is -2.29. The van der Waals surface area contributed by atoms with Gasteiger partial charge in [0.1, 0.15) is 10.7 Å². The molecule has 106 valence electrons. The van der Waals surface area contributed by atoms with Gasteiger partial charge in [-0.25, -0.2) is 18.5 Å². The van der Waals surface area contributed by atoms with Crippen LogP contribution < -0.4 is 15.8 Å². The summed E-state index contributed by atoms with van der Waals surface area (Å²) in [5.74, 6) is 1.24. The lowest BCUT2D eigenvalue weighted by molar-refractivity contribution is 0.346. The van der Waals surface area contributed by atoms with Crippen molar-refractivity contribution >= 4 is 15.8 Å². The summed E-state index contributed by atoms with van der Waals surface area (Å²) >= 11 is 0. The first-order valence-corrected chi connectivity index (χ1v) is 7.97. The molecule has 6 nitrogen and oxygen atoms in total. The Bertz CT molecular complexity index is 509. The summed E-state index contributed by atoms with van der Waals surface area (Å²) in [4.78, 5) is 4.12. The molecule has 2 heterocycles. The normalized spacial score (nSPS) is 21.9. The van der Waals surface area contributed by atoms with Gasteiger partial charge in [-0.2, -0.15) is 0 Å². The van der Waals surface area contributed by atoms with Crippen LogP contribution in [0.15, 0.2) is 23.2 Å². The Labute approximate surface area is 113 Å². The second-order valence-electron chi connectivity index (χ2n) is 4.96. The van der Waals surface area contributed by atoms with Gasteiger partial charge < -0.3 is 10.6 Å². The van der Waals surface area contributed by atoms with E-state index in [2.05, 4.69) is 22.5 Å². The lowest BCUT2D eigenvalue weighted by atomic mass is 9.93. The van der Waals surface area contributed by atoms with E-state index in [1.807, 2.05) is 0 Å². The second kappa shape index (κ2) is 5.85. The molecule has 2 atom stereocenters. The molecule has 2 rings (SSSR count). The van der Waals surface area contributed by atoms with E-state index in [0.717, 1.165) is 13.1 Å². The van der Waals surface area contributed by atoms with Crippen LogP contribution in [-0.4, -0.2) is 32.5 Å². The molecule has 0 spiro atoms. The highest BCUT2D eigenvalue weighted by molar-refractivity contribution is 7.89. The SMILES string of the molecule is CC(Nc1ccc(S(N)(=O)=O)cn1)C1CCCNC1. The van der Waals surface area contributed by atoms with E-state index in [4.69, 9.17) is 5.14 Å². The minimum absolute atomic E-state index is 0.0324. The summed E-state index contributed by atoms with van der Waals surface area (Å²) in [7, 11) is -3.67. The van der Waals surface area contributed by atoms with Gasteiger partial charge in [0.05, 0.1) is 0 Å². The number of hydrogen-bond acceptors (Lipinski definition) is 5. The molecular formula is C12H20N4O2S. The standard InChI is InChI=1S/C12H20N4O2S/c1-9(10-3-2-6-14-7-10)16-12-5-4-11(8-15-12)19(13,17)18/h4-5,8-10,14H,2-3,6-7H2,1H3,(H,15,16)(H2,13,17,18). The summed E-state index contributed by atoms with van der Waals surface area (Å²) in [6.45, 7) is 4.21. The van der Waals surface area contributed by atoms with Gasteiger partial charge in [-0.1, -0.05) is 0 Å². The molecule has 1 saturated heterocycles. The van der Waals surface area contributed by atoms with E-state index in [1.54, 1.807) is 6.07 Å². The lowest BCUT2D eigenvalue weighted by Crippen LogP contribution is -2.38. The van der Waals surface area contributed by atoms with Crippen LogP contribution in [0.25, 0.3) is 0 Å². The first kappa shape index (κ1) is 14.2. The Morgan fingerprint density at radius 3 is 2.84 bits per heavy atom. The van der Waals surface area contributed by atoms with Gasteiger partial charge in [0, 0.05) is 12.2 Å². The van der Waals surface area contributed by atoms with Crippen LogP contribution in [0.2, 0.25) is 0 Å². The zero-order chi connectivity index (χ0) is 13.9. The molecule has 7 heteroatoms. The molecule has 0 radical (unpaired) electrons. The fourth-order valence-electron chi connectivity index (χ4n) is 2.29. The van der Waals surface area contributed by atoms with Gasteiger partial charge in [-0.15, -0.1) is 0 Å². The summed E-state index contributed by atoms with van der Waals surface area (Å²) < 4.78 is 22.2. The van der Waals surface area contributed by atoms with Gasteiger partial charge in [0.2, 0.25) is 10.0 Å². The van der Waals surface area contributed by atoms with Crippen molar-refractivity contribution in [2.24, 2.45) is 11.1 Å². The number of rotatable bonds is 4. The first-order valence-electron chi connectivity index (χ1n) is 6.43. The molecule has 1 aliphatic heterocycles. The smallest absolute Gasteiger partial charge is 0.239 e. The number of anilines is 1. The molecule has 0 amide bonds. The summed E-state index contributed by atoms with van der Waals surface area (Å²) in [6, 6.07) is 3.41. The minimum Gasteiger partial charge on any atom is -0.367 e. The number of sulfonamides is 1. The van der Waals surface area contributed by atoms with Crippen LogP contribution in [0.3, 0.4) is 0 Å². The Hall–Kier alpha value is -1.18. The van der Waals surface area contributed by atoms with E-state index >= 15 is 0 Å². The van der Waals surface area contributed by atoms with Crippen molar-refractivity contribution < 1.29 is 8.42 Å². The molecule has 2 unspecified atom stereocenters. The molecular weight excluding hydrogens is 264 g/mol. The number of aromatic nitrogens is 1. The fourth-order valence-corrected chi connectivity index (χ4v) is 2.75. The van der Waals surface area contributed by atoms with Crippen molar-refractivity contribution in [3.63, 3.8) is 0 Å². The van der Waals surface area contributed by atoms with E-state index in [1.165, 1.54) is 25.1 Å². The Kier molecular flexibility index (Phi) is 4.38. The molecule has 1 fully saturated rings. The summed E-state index contributed by atoms with van der Waals surface area (Å²) in [5.41, 5.74) is 0. The average molecular weight is 284 g/mol. The fraction of sp³-hybridized carbons (Fsp3) is 0.583. The van der Waals surface area contributed by atoms with Crippen LogP contribution >= 0.6 is 0 Å². The number of hydrogen-bond donors (Lipinski definition) is 3. The van der Waals surface area contributed by atoms with Crippen LogP contribution in [0.5, 0.6) is 0 Å². The van der Waals surface area contributed by atoms with Gasteiger partial charge in [-0.05, 0) is 50.9 Å². The number of nitrogens with two attached hydrogens (primary N) is 1. The largest absolute Gasteiger partial charge is 0.367 e. The average Bonchev–Trinajstić information content (AvgIpc) is 2.39. The second-order valence-corrected chi connectivity index (χ2v) is 6.53. The van der Waals surface area contributed by atoms with Crippen molar-refractivity contribution in [3.05, 3.63) is 18.3 Å². The van der Waals surface area contributed by atoms with Crippen LogP contribution in [0.4, 0.5) is 5.82 Å². The Balaban J connectivity index is 1.99. The van der Waals surface area contributed by atoms with E-state index < -0.39 is 10.0 Å². The number of nitrogens with one attached hydrogen (secondary N) is 2. The van der Waals surface area contributed by atoms with Crippen molar-refractivity contribution in [1.82, 2.24) is 10.3 Å². The molecule has 0 bridgehead atoms. The van der Waals surface area contributed by atoms with Crippen molar-refractivity contribution in [1.29, 1.82) is 0 Å². The Morgan fingerprint density at radius 1 is 1.53 bits per heavy atom. The maximum Gasteiger partial charge on any atom is 0.239 e. The van der Waals surface area contributed by atoms with Gasteiger partial charge in [0.25, 0.3) is 0 Å². The Morgan fingerprint density at radius 2 is 2.32 bits per heavy atom. The van der Waals surface area contributed by atoms with Crippen LogP contribution in [-0.2, 0) is 10.0 Å². The molecule has 4 N–H and O–H groups in total. The third kappa shape index (κ3) is 3.89. The highest BCUT2D eigenvalue weighted by Gasteiger charge is 2.20. The number of piperidine rings is 1. The third-order valence-corrected chi connectivity index (χ3v) is 4.38. The molecule has 1 aromatic rings. The van der Waals surface area contributed by atoms with Gasteiger partial charge in [-0.3, -0.25) is 0 Å². The monoisotopic (exact) mass is 284 g/mol. The van der Waals surface area contributed by atoms with Gasteiger partial charge in [0.15, 0.2) is 0 Å². The zero-order valence-corrected chi connectivity index (χ0v) is 11.8. The predicted molar refractivity (Wildman–Crippen MR) is 74.3 cm³/mol. The van der Waals surface area contributed by atoms with Crippen LogP contribution in [0, 0.1) is 5.92 Å². The molecule has 0 aliphatic carbocycles. The minimum atomic E-state index is -3.67. The van der Waals surface area contributed by atoms with Gasteiger partial charge >= 0.3 is 0 Å². The predicted octanol–water partition coefficient (Wildman–Crippen LogP) is 0.529. The quantitative estimate of drug-likeness (QED) is 0.749. The molecule has 19 heavy (non-hydrogen) atoms. The summed E-state index contributed by atoms with van der Waals surface area (Å²) in [6.07, 6.45) is 3.66. The van der Waals surface area contributed by atoms with Crippen LogP contribution in [0.1, 0.15) is 19.8 Å². The highest BCUT2D eigenvalue weighted by Crippen LogP contribution is 2.18. The van der Waals surface area contributed by atoms with E-state index in [-0.39, 0.29) is 4.90 Å². The van der Waals surface area contributed by atoms with Crippen molar-refractivity contribution in [2.75, 3.05) is 18.4 Å².